The number of benzene rings is 2. The predicted molar refractivity (Wildman–Crippen MR) is 91.4 cm³/mol. The van der Waals surface area contributed by atoms with Gasteiger partial charge in [-0.15, -0.1) is 0 Å². The van der Waals surface area contributed by atoms with Crippen LogP contribution in [0.25, 0.3) is 0 Å². The lowest BCUT2D eigenvalue weighted by Crippen LogP contribution is -2.20. The Balaban J connectivity index is 1.83. The van der Waals surface area contributed by atoms with Crippen LogP contribution in [0.4, 0.5) is 14.5 Å². The van der Waals surface area contributed by atoms with Crippen LogP contribution in [0.1, 0.15) is 10.4 Å². The summed E-state index contributed by atoms with van der Waals surface area (Å²) in [5, 5.41) is 2.52. The second kappa shape index (κ2) is 8.79. The zero-order valence-electron chi connectivity index (χ0n) is 12.2. The lowest BCUT2D eigenvalue weighted by atomic mass is 10.2. The average molecular weight is 416 g/mol. The summed E-state index contributed by atoms with van der Waals surface area (Å²) in [6.45, 7) is -0.446. The van der Waals surface area contributed by atoms with E-state index in [9.17, 15) is 18.4 Å². The minimum absolute atomic E-state index is 0.325. The molecule has 1 N–H and O–H groups in total. The van der Waals surface area contributed by atoms with Crippen molar-refractivity contribution in [2.75, 3.05) is 11.9 Å². The van der Waals surface area contributed by atoms with Crippen molar-refractivity contribution in [1.29, 1.82) is 0 Å². The number of halogens is 3. The molecule has 0 unspecified atom stereocenters. The first-order chi connectivity index (χ1) is 11.4. The minimum atomic E-state index is -2.50. The molecule has 4 nitrogen and oxygen atoms in total. The summed E-state index contributed by atoms with van der Waals surface area (Å²) in [6.07, 6.45) is 0. The molecule has 0 aliphatic heterocycles. The summed E-state index contributed by atoms with van der Waals surface area (Å²) >= 11 is 3.66. The van der Waals surface area contributed by atoms with Crippen LogP contribution in [0.5, 0.6) is 0 Å². The van der Waals surface area contributed by atoms with Crippen molar-refractivity contribution in [2.45, 2.75) is 10.7 Å². The summed E-state index contributed by atoms with van der Waals surface area (Å²) in [5.41, 5.74) is 0.752. The fourth-order valence-corrected chi connectivity index (χ4v) is 2.64. The number of esters is 1. The summed E-state index contributed by atoms with van der Waals surface area (Å²) in [4.78, 5) is 24.0. The highest BCUT2D eigenvalue weighted by Crippen LogP contribution is 2.26. The van der Waals surface area contributed by atoms with E-state index >= 15 is 0 Å². The van der Waals surface area contributed by atoms with Crippen molar-refractivity contribution >= 4 is 45.3 Å². The predicted octanol–water partition coefficient (Wildman–Crippen LogP) is 4.56. The minimum Gasteiger partial charge on any atom is -0.452 e. The maximum Gasteiger partial charge on any atom is 0.338 e. The number of anilines is 1. The highest BCUT2D eigenvalue weighted by Gasteiger charge is 2.11. The largest absolute Gasteiger partial charge is 0.452 e. The second-order valence-electron chi connectivity index (χ2n) is 4.54. The van der Waals surface area contributed by atoms with Crippen LogP contribution in [-0.4, -0.2) is 24.2 Å². The van der Waals surface area contributed by atoms with Gasteiger partial charge in [0, 0.05) is 15.1 Å². The molecule has 0 aliphatic rings. The number of carbonyl (C=O) groups excluding carboxylic acids is 2. The molecule has 0 atom stereocenters. The van der Waals surface area contributed by atoms with Crippen molar-refractivity contribution < 1.29 is 23.1 Å². The van der Waals surface area contributed by atoms with Gasteiger partial charge in [-0.25, -0.2) is 4.79 Å². The summed E-state index contributed by atoms with van der Waals surface area (Å²) in [7, 11) is 0. The van der Waals surface area contributed by atoms with Crippen LogP contribution in [0.15, 0.2) is 57.9 Å². The van der Waals surface area contributed by atoms with Crippen LogP contribution in [0, 0.1) is 0 Å². The fraction of sp³-hybridized carbons (Fsp3) is 0.125. The molecule has 0 radical (unpaired) electrons. The molecule has 24 heavy (non-hydrogen) atoms. The number of carbonyl (C=O) groups is 2. The molecule has 1 amide bonds. The van der Waals surface area contributed by atoms with Gasteiger partial charge in [-0.2, -0.15) is 8.78 Å². The van der Waals surface area contributed by atoms with Gasteiger partial charge in [0.15, 0.2) is 6.61 Å². The molecule has 0 saturated carbocycles. The van der Waals surface area contributed by atoms with Crippen molar-refractivity contribution in [3.05, 3.63) is 58.6 Å². The van der Waals surface area contributed by atoms with Crippen LogP contribution >= 0.6 is 27.7 Å². The molecular formula is C16H12BrF2NO3S. The Morgan fingerprint density at radius 3 is 2.50 bits per heavy atom. The molecule has 0 spiro atoms. The molecule has 0 heterocycles. The lowest BCUT2D eigenvalue weighted by Gasteiger charge is -2.07. The van der Waals surface area contributed by atoms with Gasteiger partial charge in [-0.3, -0.25) is 4.79 Å². The van der Waals surface area contributed by atoms with E-state index in [1.807, 2.05) is 0 Å². The number of alkyl halides is 2. The van der Waals surface area contributed by atoms with E-state index in [1.54, 1.807) is 24.3 Å². The van der Waals surface area contributed by atoms with Gasteiger partial charge in [0.25, 0.3) is 11.7 Å². The highest BCUT2D eigenvalue weighted by molar-refractivity contribution is 9.10. The smallest absolute Gasteiger partial charge is 0.338 e. The third-order valence-corrected chi connectivity index (χ3v) is 3.97. The van der Waals surface area contributed by atoms with Gasteiger partial charge >= 0.3 is 5.97 Å². The molecule has 0 bridgehead atoms. The quantitative estimate of drug-likeness (QED) is 0.554. The number of nitrogens with one attached hydrogen (secondary N) is 1. The Bertz CT molecular complexity index is 726. The standard InChI is InChI=1S/C16H12BrF2NO3S/c17-11-3-1-2-10(8-11)15(22)23-9-14(21)20-12-4-6-13(7-5-12)24-16(18)19/h1-8,16H,9H2,(H,20,21). The number of amides is 1. The Kier molecular flexibility index (Phi) is 6.74. The normalized spacial score (nSPS) is 10.5. The molecular weight excluding hydrogens is 404 g/mol. The fourth-order valence-electron chi connectivity index (χ4n) is 1.75. The zero-order chi connectivity index (χ0) is 17.5. The first-order valence-corrected chi connectivity index (χ1v) is 8.39. The highest BCUT2D eigenvalue weighted by atomic mass is 79.9. The molecule has 2 aromatic rings. The number of rotatable bonds is 6. The van der Waals surface area contributed by atoms with Crippen molar-refractivity contribution in [2.24, 2.45) is 0 Å². The van der Waals surface area contributed by atoms with Crippen LogP contribution in [-0.2, 0) is 9.53 Å². The topological polar surface area (TPSA) is 55.4 Å². The molecule has 126 valence electrons. The van der Waals surface area contributed by atoms with E-state index in [-0.39, 0.29) is 0 Å². The Morgan fingerprint density at radius 1 is 1.17 bits per heavy atom. The van der Waals surface area contributed by atoms with Gasteiger partial charge in [-0.05, 0) is 42.5 Å². The van der Waals surface area contributed by atoms with Crippen molar-refractivity contribution in [1.82, 2.24) is 0 Å². The molecule has 0 aliphatic carbocycles. The van der Waals surface area contributed by atoms with Crippen LogP contribution < -0.4 is 5.32 Å². The van der Waals surface area contributed by atoms with E-state index in [0.29, 0.717) is 27.9 Å². The third kappa shape index (κ3) is 5.93. The molecule has 2 rings (SSSR count). The van der Waals surface area contributed by atoms with E-state index in [2.05, 4.69) is 21.2 Å². The Hall–Kier alpha value is -1.93. The summed E-state index contributed by atoms with van der Waals surface area (Å²) in [6, 6.07) is 12.5. The van der Waals surface area contributed by atoms with Gasteiger partial charge in [0.1, 0.15) is 0 Å². The Morgan fingerprint density at radius 2 is 1.88 bits per heavy atom. The molecule has 0 saturated heterocycles. The van der Waals surface area contributed by atoms with Gasteiger partial charge in [0.2, 0.25) is 0 Å². The number of thioether (sulfide) groups is 1. The monoisotopic (exact) mass is 415 g/mol. The molecule has 0 aromatic heterocycles. The average Bonchev–Trinajstić information content (AvgIpc) is 2.54. The van der Waals surface area contributed by atoms with Crippen molar-refractivity contribution in [3.8, 4) is 0 Å². The number of hydrogen-bond donors (Lipinski definition) is 1. The van der Waals surface area contributed by atoms with Crippen LogP contribution in [0.2, 0.25) is 0 Å². The van der Waals surface area contributed by atoms with Gasteiger partial charge in [-0.1, -0.05) is 33.8 Å². The Labute approximate surface area is 149 Å². The number of ether oxygens (including phenoxy) is 1. The van der Waals surface area contributed by atoms with E-state index in [1.165, 1.54) is 24.3 Å². The van der Waals surface area contributed by atoms with E-state index in [4.69, 9.17) is 4.74 Å². The lowest BCUT2D eigenvalue weighted by molar-refractivity contribution is -0.119. The molecule has 8 heteroatoms. The SMILES string of the molecule is O=C(COC(=O)c1cccc(Br)c1)Nc1ccc(SC(F)F)cc1. The first-order valence-electron chi connectivity index (χ1n) is 6.71. The molecule has 0 fully saturated rings. The van der Waals surface area contributed by atoms with E-state index in [0.717, 1.165) is 4.47 Å². The first kappa shape index (κ1) is 18.4. The maximum atomic E-state index is 12.2. The summed E-state index contributed by atoms with van der Waals surface area (Å²) in [5.74, 6) is -3.63. The van der Waals surface area contributed by atoms with Gasteiger partial charge in [0.05, 0.1) is 5.56 Å². The second-order valence-corrected chi connectivity index (χ2v) is 6.52. The maximum absolute atomic E-state index is 12.2. The van der Waals surface area contributed by atoms with Crippen molar-refractivity contribution in [3.63, 3.8) is 0 Å². The zero-order valence-corrected chi connectivity index (χ0v) is 14.6. The third-order valence-electron chi connectivity index (χ3n) is 2.76. The van der Waals surface area contributed by atoms with E-state index < -0.39 is 24.2 Å². The number of hydrogen-bond acceptors (Lipinski definition) is 4. The molecule has 2 aromatic carbocycles. The van der Waals surface area contributed by atoms with Gasteiger partial charge < -0.3 is 10.1 Å². The van der Waals surface area contributed by atoms with Crippen LogP contribution in [0.3, 0.4) is 0 Å². The summed E-state index contributed by atoms with van der Waals surface area (Å²) < 4.78 is 30.1.